The maximum absolute atomic E-state index is 5.12. The van der Waals surface area contributed by atoms with Crippen molar-refractivity contribution in [2.24, 2.45) is 0 Å². The van der Waals surface area contributed by atoms with Crippen LogP contribution in [0.5, 0.6) is 0 Å². The van der Waals surface area contributed by atoms with Gasteiger partial charge in [-0.3, -0.25) is 9.97 Å². The lowest BCUT2D eigenvalue weighted by Crippen LogP contribution is -2.15. The third-order valence-electron chi connectivity index (χ3n) is 0.911. The summed E-state index contributed by atoms with van der Waals surface area (Å²) in [7, 11) is -1.10. The van der Waals surface area contributed by atoms with E-state index in [2.05, 4.69) is 35.2 Å². The fourth-order valence-electron chi connectivity index (χ4n) is 0.253. The lowest BCUT2D eigenvalue weighted by Gasteiger charge is -2.00. The summed E-state index contributed by atoms with van der Waals surface area (Å²) in [5, 5.41) is 0. The predicted molar refractivity (Wildman–Crippen MR) is 54.2 cm³/mol. The Balaban J connectivity index is 0.000000202. The molecule has 0 aromatic carbocycles. The van der Waals surface area contributed by atoms with Gasteiger partial charge in [0.2, 0.25) is 0 Å². The first-order valence-electron chi connectivity index (χ1n) is 3.74. The molecule has 3 heteroatoms. The third-order valence-corrected chi connectivity index (χ3v) is 1.78. The van der Waals surface area contributed by atoms with E-state index in [1.54, 1.807) is 24.8 Å². The molecule has 0 aliphatic rings. The van der Waals surface area contributed by atoms with Gasteiger partial charge in [-0.1, -0.05) is 19.6 Å². The number of terminal acetylenes is 1. The van der Waals surface area contributed by atoms with Gasteiger partial charge in [0.05, 0.1) is 0 Å². The van der Waals surface area contributed by atoms with Gasteiger partial charge in [-0.25, -0.2) is 0 Å². The molecule has 0 saturated carbocycles. The number of hydrogen-bond acceptors (Lipinski definition) is 2. The number of nitrogens with zero attached hydrogens (tertiary/aromatic N) is 2. The second-order valence-electron chi connectivity index (χ2n) is 3.29. The van der Waals surface area contributed by atoms with Crippen LogP contribution in [0.3, 0.4) is 0 Å². The summed E-state index contributed by atoms with van der Waals surface area (Å²) < 4.78 is 0. The van der Waals surface area contributed by atoms with E-state index in [4.69, 9.17) is 6.42 Å². The van der Waals surface area contributed by atoms with Crippen molar-refractivity contribution < 1.29 is 0 Å². The molecular weight excluding hydrogens is 164 g/mol. The van der Waals surface area contributed by atoms with E-state index in [9.17, 15) is 0 Å². The van der Waals surface area contributed by atoms with Crippen LogP contribution >= 0.6 is 0 Å². The molecule has 0 amide bonds. The number of aromatic nitrogens is 2. The zero-order chi connectivity index (χ0) is 9.45. The molecule has 0 aliphatic carbocycles. The summed E-state index contributed by atoms with van der Waals surface area (Å²) >= 11 is 0. The molecule has 0 N–H and O–H groups in total. The molecule has 0 unspecified atom stereocenters. The Labute approximate surface area is 75.1 Å². The zero-order valence-corrected chi connectivity index (χ0v) is 8.78. The molecule has 1 aromatic rings. The predicted octanol–water partition coefficient (Wildman–Crippen LogP) is 1.97. The van der Waals surface area contributed by atoms with Crippen molar-refractivity contribution in [2.45, 2.75) is 19.6 Å². The molecule has 0 bridgehead atoms. The standard InChI is InChI=1S/C5H10Si.C4H4N2/c1-5-6(2,3)4;1-2-6-4-3-5-1/h1H,2-4H3;1-4H. The van der Waals surface area contributed by atoms with Crippen LogP contribution < -0.4 is 0 Å². The maximum atomic E-state index is 5.12. The smallest absolute Gasteiger partial charge is 0.128 e. The fraction of sp³-hybridized carbons (Fsp3) is 0.333. The monoisotopic (exact) mass is 178 g/mol. The summed E-state index contributed by atoms with van der Waals surface area (Å²) in [6.07, 6.45) is 11.7. The topological polar surface area (TPSA) is 25.8 Å². The van der Waals surface area contributed by atoms with Crippen molar-refractivity contribution in [3.8, 4) is 12.0 Å². The van der Waals surface area contributed by atoms with Crippen LogP contribution in [0.25, 0.3) is 0 Å². The molecule has 12 heavy (non-hydrogen) atoms. The van der Waals surface area contributed by atoms with Crippen LogP contribution in [-0.4, -0.2) is 18.0 Å². The molecule has 64 valence electrons. The first-order valence-corrected chi connectivity index (χ1v) is 7.24. The minimum absolute atomic E-state index is 1.10. The average molecular weight is 178 g/mol. The molecule has 0 spiro atoms. The van der Waals surface area contributed by atoms with Crippen molar-refractivity contribution in [2.75, 3.05) is 0 Å². The van der Waals surface area contributed by atoms with Gasteiger partial charge in [0, 0.05) is 24.8 Å². The number of rotatable bonds is 0. The highest BCUT2D eigenvalue weighted by Gasteiger charge is 2.05. The van der Waals surface area contributed by atoms with Crippen molar-refractivity contribution in [1.82, 2.24) is 9.97 Å². The fourth-order valence-corrected chi connectivity index (χ4v) is 0.253. The van der Waals surface area contributed by atoms with Gasteiger partial charge in [-0.15, -0.1) is 12.0 Å². The van der Waals surface area contributed by atoms with E-state index in [1.807, 2.05) is 0 Å². The molecule has 0 atom stereocenters. The van der Waals surface area contributed by atoms with E-state index in [0.29, 0.717) is 0 Å². The van der Waals surface area contributed by atoms with Crippen LogP contribution in [0.15, 0.2) is 24.8 Å². The molecule has 0 saturated heterocycles. The highest BCUT2D eigenvalue weighted by molar-refractivity contribution is 6.83. The molecule has 1 rings (SSSR count). The van der Waals surface area contributed by atoms with Gasteiger partial charge < -0.3 is 0 Å². The van der Waals surface area contributed by atoms with Crippen LogP contribution in [0.4, 0.5) is 0 Å². The molecule has 1 heterocycles. The Morgan fingerprint density at radius 3 is 1.33 bits per heavy atom. The highest BCUT2D eigenvalue weighted by atomic mass is 28.3. The van der Waals surface area contributed by atoms with Gasteiger partial charge in [0.1, 0.15) is 8.07 Å². The zero-order valence-electron chi connectivity index (χ0n) is 7.78. The summed E-state index contributed by atoms with van der Waals surface area (Å²) in [4.78, 5) is 7.44. The quantitative estimate of drug-likeness (QED) is 0.448. The Bertz CT molecular complexity index is 206. The van der Waals surface area contributed by atoms with Crippen LogP contribution in [0.1, 0.15) is 0 Å². The molecule has 0 radical (unpaired) electrons. The Hall–Kier alpha value is -1.14. The first kappa shape index (κ1) is 10.9. The van der Waals surface area contributed by atoms with Gasteiger partial charge in [-0.2, -0.15) is 0 Å². The largest absolute Gasteiger partial charge is 0.262 e. The highest BCUT2D eigenvalue weighted by Crippen LogP contribution is 1.94. The van der Waals surface area contributed by atoms with Crippen molar-refractivity contribution in [3.63, 3.8) is 0 Å². The third kappa shape index (κ3) is 8.86. The molecule has 2 nitrogen and oxygen atoms in total. The first-order chi connectivity index (χ1) is 5.56. The second kappa shape index (κ2) is 5.50. The normalized spacial score (nSPS) is 9.17. The maximum Gasteiger partial charge on any atom is 0.128 e. The van der Waals surface area contributed by atoms with Crippen molar-refractivity contribution in [3.05, 3.63) is 24.8 Å². The summed E-state index contributed by atoms with van der Waals surface area (Å²) in [6.45, 7) is 6.44. The summed E-state index contributed by atoms with van der Waals surface area (Å²) in [5.41, 5.74) is 2.74. The van der Waals surface area contributed by atoms with Crippen molar-refractivity contribution >= 4 is 8.07 Å². The Morgan fingerprint density at radius 2 is 1.25 bits per heavy atom. The van der Waals surface area contributed by atoms with Gasteiger partial charge >= 0.3 is 0 Å². The van der Waals surface area contributed by atoms with Crippen LogP contribution in [-0.2, 0) is 0 Å². The lowest BCUT2D eigenvalue weighted by molar-refractivity contribution is 1.20. The average Bonchev–Trinajstić information content (AvgIpc) is 2.07. The molecular formula is C9H14N2Si. The minimum Gasteiger partial charge on any atom is -0.262 e. The van der Waals surface area contributed by atoms with Crippen LogP contribution in [0.2, 0.25) is 19.6 Å². The summed E-state index contributed by atoms with van der Waals surface area (Å²) in [5.74, 6) is 0. The Kier molecular flexibility index (Phi) is 4.98. The Morgan fingerprint density at radius 1 is 1.00 bits per heavy atom. The molecule has 0 fully saturated rings. The number of hydrogen-bond donors (Lipinski definition) is 0. The SMILES string of the molecule is C#C[Si](C)(C)C.c1cnccn1. The van der Waals surface area contributed by atoms with Gasteiger partial charge in [-0.05, 0) is 0 Å². The summed E-state index contributed by atoms with van der Waals surface area (Å²) in [6, 6.07) is 0. The van der Waals surface area contributed by atoms with Crippen LogP contribution in [0, 0.1) is 12.0 Å². The van der Waals surface area contributed by atoms with Gasteiger partial charge in [0.25, 0.3) is 0 Å². The van der Waals surface area contributed by atoms with E-state index in [0.717, 1.165) is 0 Å². The van der Waals surface area contributed by atoms with E-state index in [-0.39, 0.29) is 0 Å². The molecule has 0 aliphatic heterocycles. The van der Waals surface area contributed by atoms with Crippen molar-refractivity contribution in [1.29, 1.82) is 0 Å². The van der Waals surface area contributed by atoms with E-state index < -0.39 is 8.07 Å². The van der Waals surface area contributed by atoms with Gasteiger partial charge in [0.15, 0.2) is 0 Å². The minimum atomic E-state index is -1.10. The molecule has 1 aromatic heterocycles. The van der Waals surface area contributed by atoms with E-state index in [1.165, 1.54) is 0 Å². The van der Waals surface area contributed by atoms with E-state index >= 15 is 0 Å². The lowest BCUT2D eigenvalue weighted by atomic mass is 10.8. The second-order valence-corrected chi connectivity index (χ2v) is 8.08.